The molecular weight excluding hydrogens is 454 g/mol. The number of aromatic nitrogens is 4. The fourth-order valence-corrected chi connectivity index (χ4v) is 4.60. The first-order chi connectivity index (χ1) is 17.6. The number of fused-ring (bicyclic) bond motifs is 1. The Morgan fingerprint density at radius 3 is 2.58 bits per heavy atom. The summed E-state index contributed by atoms with van der Waals surface area (Å²) in [7, 11) is 0. The van der Waals surface area contributed by atoms with Gasteiger partial charge in [0, 0.05) is 79.9 Å². The summed E-state index contributed by atoms with van der Waals surface area (Å²) in [5, 5.41) is 4.33. The Balaban J connectivity index is 1.33. The minimum Gasteiger partial charge on any atom is -0.346 e. The summed E-state index contributed by atoms with van der Waals surface area (Å²) in [6.45, 7) is 7.01. The van der Waals surface area contributed by atoms with Crippen LogP contribution in [-0.2, 0) is 11.3 Å². The fourth-order valence-electron chi connectivity index (χ4n) is 4.60. The first kappa shape index (κ1) is 23.5. The molecule has 4 heterocycles. The number of carbonyl (C=O) groups is 2. The van der Waals surface area contributed by atoms with Gasteiger partial charge in [0.25, 0.3) is 5.91 Å². The monoisotopic (exact) mass is 483 g/mol. The highest BCUT2D eigenvalue weighted by molar-refractivity contribution is 5.96. The van der Waals surface area contributed by atoms with Crippen LogP contribution in [-0.4, -0.2) is 67.3 Å². The number of piperazine rings is 1. The molecule has 3 aromatic heterocycles. The van der Waals surface area contributed by atoms with Gasteiger partial charge in [0.2, 0.25) is 11.9 Å². The Hall–Kier alpha value is -4.27. The standard InChI is InChI=1S/C27H29N7O2/c1-3-25(35)33-12-14-34(15-13-33)26(36)19-6-5-7-20(16-19)30-27-29-11-9-23(31-27)22-18-32(4-2)24-17-28-10-8-21(22)24/h5-11,16-18H,3-4,12-15H2,1-2H3,(H,29,30,31). The predicted octanol–water partition coefficient (Wildman–Crippen LogP) is 3.95. The second kappa shape index (κ2) is 10.2. The highest BCUT2D eigenvalue weighted by atomic mass is 16.2. The van der Waals surface area contributed by atoms with Gasteiger partial charge in [-0.2, -0.15) is 0 Å². The van der Waals surface area contributed by atoms with Gasteiger partial charge < -0.3 is 19.7 Å². The van der Waals surface area contributed by atoms with E-state index in [9.17, 15) is 9.59 Å². The zero-order chi connectivity index (χ0) is 25.1. The molecule has 1 N–H and O–H groups in total. The molecule has 0 bridgehead atoms. The molecule has 0 unspecified atom stereocenters. The Morgan fingerprint density at radius 1 is 1.00 bits per heavy atom. The SMILES string of the molecule is CCC(=O)N1CCN(C(=O)c2cccc(Nc3nccc(-c4cn(CC)c5cnccc45)n3)c2)CC1. The van der Waals surface area contributed by atoms with E-state index in [0.717, 1.165) is 34.4 Å². The maximum absolute atomic E-state index is 13.1. The van der Waals surface area contributed by atoms with E-state index in [1.165, 1.54) is 0 Å². The number of pyridine rings is 1. The van der Waals surface area contributed by atoms with Crippen LogP contribution in [0.5, 0.6) is 0 Å². The van der Waals surface area contributed by atoms with E-state index < -0.39 is 0 Å². The van der Waals surface area contributed by atoms with E-state index >= 15 is 0 Å². The fraction of sp³-hybridized carbons (Fsp3) is 0.296. The van der Waals surface area contributed by atoms with Gasteiger partial charge in [0.15, 0.2) is 0 Å². The molecule has 1 aliphatic heterocycles. The predicted molar refractivity (Wildman–Crippen MR) is 139 cm³/mol. The molecule has 4 aromatic rings. The van der Waals surface area contributed by atoms with Crippen molar-refractivity contribution in [2.24, 2.45) is 0 Å². The van der Waals surface area contributed by atoms with Gasteiger partial charge in [0.05, 0.1) is 17.4 Å². The van der Waals surface area contributed by atoms with Crippen molar-refractivity contribution in [3.05, 3.63) is 66.7 Å². The number of hydrogen-bond donors (Lipinski definition) is 1. The van der Waals surface area contributed by atoms with E-state index in [0.29, 0.717) is 44.1 Å². The third-order valence-corrected chi connectivity index (χ3v) is 6.54. The lowest BCUT2D eigenvalue weighted by atomic mass is 10.1. The number of amides is 2. The lowest BCUT2D eigenvalue weighted by Gasteiger charge is -2.34. The van der Waals surface area contributed by atoms with Crippen LogP contribution >= 0.6 is 0 Å². The summed E-state index contributed by atoms with van der Waals surface area (Å²) < 4.78 is 2.15. The average Bonchev–Trinajstić information content (AvgIpc) is 3.31. The molecule has 2 amide bonds. The van der Waals surface area contributed by atoms with Crippen LogP contribution in [0.15, 0.2) is 61.2 Å². The van der Waals surface area contributed by atoms with Gasteiger partial charge in [0.1, 0.15) is 0 Å². The summed E-state index contributed by atoms with van der Waals surface area (Å²) in [4.78, 5) is 42.0. The molecule has 1 fully saturated rings. The maximum Gasteiger partial charge on any atom is 0.254 e. The Morgan fingerprint density at radius 2 is 1.81 bits per heavy atom. The number of benzene rings is 1. The second-order valence-corrected chi connectivity index (χ2v) is 8.72. The first-order valence-electron chi connectivity index (χ1n) is 12.3. The van der Waals surface area contributed by atoms with Crippen LogP contribution < -0.4 is 5.32 Å². The van der Waals surface area contributed by atoms with Crippen molar-refractivity contribution in [2.75, 3.05) is 31.5 Å². The van der Waals surface area contributed by atoms with Gasteiger partial charge >= 0.3 is 0 Å². The number of hydrogen-bond acceptors (Lipinski definition) is 6. The molecule has 0 atom stereocenters. The minimum atomic E-state index is -0.0436. The van der Waals surface area contributed by atoms with Gasteiger partial charge in [-0.05, 0) is 37.3 Å². The van der Waals surface area contributed by atoms with E-state index in [1.807, 2.05) is 54.4 Å². The van der Waals surface area contributed by atoms with E-state index in [2.05, 4.69) is 33.0 Å². The van der Waals surface area contributed by atoms with Crippen LogP contribution in [0.25, 0.3) is 22.2 Å². The molecule has 0 spiro atoms. The summed E-state index contributed by atoms with van der Waals surface area (Å²) in [6.07, 6.45) is 7.96. The number of nitrogens with zero attached hydrogens (tertiary/aromatic N) is 6. The lowest BCUT2D eigenvalue weighted by molar-refractivity contribution is -0.132. The molecule has 184 valence electrons. The molecule has 1 aromatic carbocycles. The molecule has 9 nitrogen and oxygen atoms in total. The number of anilines is 2. The number of nitrogens with one attached hydrogen (secondary N) is 1. The van der Waals surface area contributed by atoms with Gasteiger partial charge in [-0.25, -0.2) is 9.97 Å². The van der Waals surface area contributed by atoms with Gasteiger partial charge in [-0.1, -0.05) is 13.0 Å². The highest BCUT2D eigenvalue weighted by Gasteiger charge is 2.24. The Kier molecular flexibility index (Phi) is 6.62. The largest absolute Gasteiger partial charge is 0.346 e. The summed E-state index contributed by atoms with van der Waals surface area (Å²) >= 11 is 0. The number of aryl methyl sites for hydroxylation is 1. The summed E-state index contributed by atoms with van der Waals surface area (Å²) in [6, 6.07) is 11.2. The molecule has 36 heavy (non-hydrogen) atoms. The minimum absolute atomic E-state index is 0.0436. The van der Waals surface area contributed by atoms with E-state index in [4.69, 9.17) is 4.98 Å². The van der Waals surface area contributed by atoms with Gasteiger partial charge in [-0.3, -0.25) is 14.6 Å². The van der Waals surface area contributed by atoms with Crippen molar-refractivity contribution >= 4 is 34.4 Å². The van der Waals surface area contributed by atoms with Crippen molar-refractivity contribution in [1.82, 2.24) is 29.3 Å². The van der Waals surface area contributed by atoms with E-state index in [-0.39, 0.29) is 11.8 Å². The van der Waals surface area contributed by atoms with Crippen molar-refractivity contribution in [1.29, 1.82) is 0 Å². The third-order valence-electron chi connectivity index (χ3n) is 6.54. The third kappa shape index (κ3) is 4.64. The van der Waals surface area contributed by atoms with Crippen LogP contribution in [0.3, 0.4) is 0 Å². The van der Waals surface area contributed by atoms with Crippen molar-refractivity contribution in [3.63, 3.8) is 0 Å². The summed E-state index contributed by atoms with van der Waals surface area (Å²) in [5.41, 5.74) is 4.21. The van der Waals surface area contributed by atoms with E-state index in [1.54, 1.807) is 17.3 Å². The molecule has 0 radical (unpaired) electrons. The van der Waals surface area contributed by atoms with Crippen LogP contribution in [0.4, 0.5) is 11.6 Å². The van der Waals surface area contributed by atoms with Crippen LogP contribution in [0, 0.1) is 0 Å². The maximum atomic E-state index is 13.1. The molecule has 0 aliphatic carbocycles. The Bertz CT molecular complexity index is 1410. The second-order valence-electron chi connectivity index (χ2n) is 8.72. The summed E-state index contributed by atoms with van der Waals surface area (Å²) in [5.74, 6) is 0.541. The van der Waals surface area contributed by atoms with Crippen LogP contribution in [0.2, 0.25) is 0 Å². The molecule has 9 heteroatoms. The normalized spacial score (nSPS) is 13.7. The molecular formula is C27H29N7O2. The zero-order valence-corrected chi connectivity index (χ0v) is 20.5. The molecule has 1 aliphatic rings. The molecule has 1 saturated heterocycles. The van der Waals surface area contributed by atoms with Crippen molar-refractivity contribution in [3.8, 4) is 11.3 Å². The highest BCUT2D eigenvalue weighted by Crippen LogP contribution is 2.29. The smallest absolute Gasteiger partial charge is 0.254 e. The average molecular weight is 484 g/mol. The molecule has 0 saturated carbocycles. The first-order valence-corrected chi connectivity index (χ1v) is 12.3. The van der Waals surface area contributed by atoms with Gasteiger partial charge in [-0.15, -0.1) is 0 Å². The quantitative estimate of drug-likeness (QED) is 0.446. The topological polar surface area (TPSA) is 96.2 Å². The lowest BCUT2D eigenvalue weighted by Crippen LogP contribution is -2.50. The van der Waals surface area contributed by atoms with Crippen LogP contribution in [0.1, 0.15) is 30.6 Å². The van der Waals surface area contributed by atoms with Crippen molar-refractivity contribution in [2.45, 2.75) is 26.8 Å². The van der Waals surface area contributed by atoms with Crippen molar-refractivity contribution < 1.29 is 9.59 Å². The number of rotatable bonds is 6. The molecule has 5 rings (SSSR count). The number of carbonyl (C=O) groups excluding carboxylic acids is 2. The zero-order valence-electron chi connectivity index (χ0n) is 20.5. The Labute approximate surface area is 209 Å².